The molecule has 0 atom stereocenters. The Bertz CT molecular complexity index is 113. The molecular weight excluding hydrogens is 117 g/mol. The number of rotatable bonds is 0. The van der Waals surface area contributed by atoms with Gasteiger partial charge in [0.2, 0.25) is 0 Å². The van der Waals surface area contributed by atoms with E-state index in [2.05, 4.69) is 9.98 Å². The number of hydroxylamine groups is 2. The van der Waals surface area contributed by atoms with Crippen LogP contribution in [0.1, 0.15) is 0 Å². The Morgan fingerprint density at radius 1 is 1.62 bits per heavy atom. The van der Waals surface area contributed by atoms with Gasteiger partial charge in [-0.25, -0.2) is 15.0 Å². The van der Waals surface area contributed by atoms with Crippen LogP contribution in [0.25, 0.3) is 0 Å². The normalized spacial score (nSPS) is 15.9. The SMILES string of the molecule is ON1C=NC=NC1.[NaH]. The molecule has 0 fully saturated rings. The van der Waals surface area contributed by atoms with Crippen molar-refractivity contribution in [1.29, 1.82) is 0 Å². The predicted octanol–water partition coefficient (Wildman–Crippen LogP) is -0.943. The number of hydrogen-bond donors (Lipinski definition) is 1. The van der Waals surface area contributed by atoms with E-state index in [1.165, 1.54) is 12.7 Å². The molecule has 40 valence electrons. The van der Waals surface area contributed by atoms with Gasteiger partial charge < -0.3 is 0 Å². The molecule has 0 aromatic heterocycles. The summed E-state index contributed by atoms with van der Waals surface area (Å²) in [6, 6.07) is 0. The summed E-state index contributed by atoms with van der Waals surface area (Å²) >= 11 is 0. The minimum absolute atomic E-state index is 0. The van der Waals surface area contributed by atoms with Crippen molar-refractivity contribution in [3.05, 3.63) is 0 Å². The zero-order valence-electron chi connectivity index (χ0n) is 3.65. The first-order valence-electron chi connectivity index (χ1n) is 1.87. The standard InChI is InChI=1S/C3H5N3O.Na.H/c7-6-2-4-1-5-3-6;;/h1-2,7H,3H2;;. The quantitative estimate of drug-likeness (QED) is 0.422. The topological polar surface area (TPSA) is 48.2 Å². The first-order chi connectivity index (χ1) is 3.39. The molecule has 0 aliphatic carbocycles. The van der Waals surface area contributed by atoms with Gasteiger partial charge in [0.1, 0.15) is 19.3 Å². The van der Waals surface area contributed by atoms with Crippen molar-refractivity contribution in [1.82, 2.24) is 5.06 Å². The van der Waals surface area contributed by atoms with Gasteiger partial charge in [-0.1, -0.05) is 0 Å². The molecule has 0 bridgehead atoms. The van der Waals surface area contributed by atoms with E-state index in [1.807, 2.05) is 0 Å². The molecule has 0 aromatic rings. The Labute approximate surface area is 69.2 Å². The summed E-state index contributed by atoms with van der Waals surface area (Å²) in [7, 11) is 0. The average Bonchev–Trinajstić information content (AvgIpc) is 1.69. The predicted molar refractivity (Wildman–Crippen MR) is 32.6 cm³/mol. The molecule has 0 spiro atoms. The van der Waals surface area contributed by atoms with Crippen LogP contribution in [0.4, 0.5) is 0 Å². The second kappa shape index (κ2) is 4.03. The van der Waals surface area contributed by atoms with E-state index in [0.29, 0.717) is 6.67 Å². The molecule has 0 aromatic carbocycles. The molecule has 1 rings (SSSR count). The van der Waals surface area contributed by atoms with Crippen molar-refractivity contribution in [3.63, 3.8) is 0 Å². The second-order valence-corrected chi connectivity index (χ2v) is 1.14. The third-order valence-electron chi connectivity index (χ3n) is 0.575. The van der Waals surface area contributed by atoms with E-state index < -0.39 is 0 Å². The fourth-order valence-electron chi connectivity index (χ4n) is 0.311. The molecule has 0 amide bonds. The van der Waals surface area contributed by atoms with Gasteiger partial charge in [0.15, 0.2) is 0 Å². The fraction of sp³-hybridized carbons (Fsp3) is 0.333. The molecule has 0 saturated heterocycles. The summed E-state index contributed by atoms with van der Waals surface area (Å²) in [5, 5.41) is 9.38. The van der Waals surface area contributed by atoms with Crippen LogP contribution < -0.4 is 0 Å². The van der Waals surface area contributed by atoms with Gasteiger partial charge in [-0.05, 0) is 0 Å². The molecule has 0 radical (unpaired) electrons. The van der Waals surface area contributed by atoms with Crippen LogP contribution in [0, 0.1) is 0 Å². The van der Waals surface area contributed by atoms with Crippen LogP contribution in [0.5, 0.6) is 0 Å². The summed E-state index contributed by atoms with van der Waals surface area (Å²) in [4.78, 5) is 7.13. The Balaban J connectivity index is 0.000000490. The number of hydrogen-bond acceptors (Lipinski definition) is 4. The molecule has 0 unspecified atom stereocenters. The van der Waals surface area contributed by atoms with Gasteiger partial charge in [-0.3, -0.25) is 5.21 Å². The minimum atomic E-state index is 0. The van der Waals surface area contributed by atoms with E-state index in [9.17, 15) is 0 Å². The Kier molecular flexibility index (Phi) is 4.08. The first-order valence-corrected chi connectivity index (χ1v) is 1.87. The van der Waals surface area contributed by atoms with Gasteiger partial charge in [-0.15, -0.1) is 0 Å². The fourth-order valence-corrected chi connectivity index (χ4v) is 0.311. The molecule has 1 aliphatic rings. The van der Waals surface area contributed by atoms with Gasteiger partial charge in [0.05, 0.1) is 0 Å². The maximum atomic E-state index is 8.48. The molecule has 1 N–H and O–H groups in total. The third-order valence-corrected chi connectivity index (χ3v) is 0.575. The monoisotopic (exact) mass is 123 g/mol. The molecule has 1 aliphatic heterocycles. The summed E-state index contributed by atoms with van der Waals surface area (Å²) < 4.78 is 0. The Morgan fingerprint density at radius 2 is 2.38 bits per heavy atom. The maximum absolute atomic E-state index is 8.48. The molecule has 5 heteroatoms. The van der Waals surface area contributed by atoms with E-state index in [-0.39, 0.29) is 29.6 Å². The molecule has 8 heavy (non-hydrogen) atoms. The molecule has 0 saturated carbocycles. The van der Waals surface area contributed by atoms with E-state index in [0.717, 1.165) is 5.06 Å². The van der Waals surface area contributed by atoms with E-state index >= 15 is 0 Å². The summed E-state index contributed by atoms with van der Waals surface area (Å²) in [6.07, 6.45) is 2.69. The van der Waals surface area contributed by atoms with Crippen molar-refractivity contribution in [3.8, 4) is 0 Å². The van der Waals surface area contributed by atoms with Crippen molar-refractivity contribution in [2.24, 2.45) is 9.98 Å². The number of aliphatic imine (C=N–C) groups is 2. The van der Waals surface area contributed by atoms with E-state index in [1.54, 1.807) is 0 Å². The van der Waals surface area contributed by atoms with Gasteiger partial charge in [0.25, 0.3) is 0 Å². The Morgan fingerprint density at radius 3 is 2.62 bits per heavy atom. The van der Waals surface area contributed by atoms with Crippen molar-refractivity contribution >= 4 is 42.2 Å². The molecular formula is C3H6N3NaO. The first kappa shape index (κ1) is 8.10. The number of nitrogens with zero attached hydrogens (tertiary/aromatic N) is 3. The summed E-state index contributed by atoms with van der Waals surface area (Å²) in [6.45, 7) is 0.295. The summed E-state index contributed by atoms with van der Waals surface area (Å²) in [5.74, 6) is 0. The van der Waals surface area contributed by atoms with Crippen molar-refractivity contribution in [2.75, 3.05) is 6.67 Å². The van der Waals surface area contributed by atoms with Crippen molar-refractivity contribution in [2.45, 2.75) is 0 Å². The van der Waals surface area contributed by atoms with E-state index in [4.69, 9.17) is 5.21 Å². The van der Waals surface area contributed by atoms with Crippen molar-refractivity contribution < 1.29 is 5.21 Å². The third kappa shape index (κ3) is 2.42. The van der Waals surface area contributed by atoms with Gasteiger partial charge in [-0.2, -0.15) is 0 Å². The van der Waals surface area contributed by atoms with Crippen LogP contribution >= 0.6 is 0 Å². The molecule has 4 nitrogen and oxygen atoms in total. The molecule has 1 heterocycles. The van der Waals surface area contributed by atoms with Crippen LogP contribution in [0.2, 0.25) is 0 Å². The Hall–Kier alpha value is 0.1000. The summed E-state index contributed by atoms with van der Waals surface area (Å²) in [5.41, 5.74) is 0. The van der Waals surface area contributed by atoms with Gasteiger partial charge >= 0.3 is 29.6 Å². The average molecular weight is 123 g/mol. The van der Waals surface area contributed by atoms with Crippen LogP contribution in [0.3, 0.4) is 0 Å². The van der Waals surface area contributed by atoms with Crippen LogP contribution in [-0.2, 0) is 0 Å². The van der Waals surface area contributed by atoms with Gasteiger partial charge in [0, 0.05) is 0 Å². The van der Waals surface area contributed by atoms with Crippen LogP contribution in [-0.4, -0.2) is 59.2 Å². The van der Waals surface area contributed by atoms with Crippen LogP contribution in [0.15, 0.2) is 9.98 Å². The zero-order chi connectivity index (χ0) is 5.11. The zero-order valence-corrected chi connectivity index (χ0v) is 3.65. The second-order valence-electron chi connectivity index (χ2n) is 1.14.